The fraction of sp³-hybridized carbons (Fsp3) is 0.481. The van der Waals surface area contributed by atoms with Gasteiger partial charge in [0.05, 0.1) is 24.1 Å². The van der Waals surface area contributed by atoms with Gasteiger partial charge in [-0.2, -0.15) is 0 Å². The van der Waals surface area contributed by atoms with E-state index in [2.05, 4.69) is 5.32 Å². The quantitative estimate of drug-likeness (QED) is 0.378. The van der Waals surface area contributed by atoms with Crippen LogP contribution in [0.25, 0.3) is 0 Å². The Labute approximate surface area is 235 Å². The maximum Gasteiger partial charge on any atom is 0.242 e. The van der Waals surface area contributed by atoms with Gasteiger partial charge in [0.2, 0.25) is 21.8 Å². The molecule has 1 aliphatic carbocycles. The van der Waals surface area contributed by atoms with E-state index >= 15 is 0 Å². The lowest BCUT2D eigenvalue weighted by Crippen LogP contribution is -2.49. The van der Waals surface area contributed by atoms with E-state index in [1.165, 1.54) is 22.4 Å². The van der Waals surface area contributed by atoms with Gasteiger partial charge in [0.15, 0.2) is 0 Å². The van der Waals surface area contributed by atoms with Gasteiger partial charge in [-0.05, 0) is 56.0 Å². The lowest BCUT2D eigenvalue weighted by atomic mass is 10.1. The fourth-order valence-electron chi connectivity index (χ4n) is 4.60. The van der Waals surface area contributed by atoms with Crippen molar-refractivity contribution in [2.75, 3.05) is 24.2 Å². The molecule has 8 nitrogen and oxygen atoms in total. The van der Waals surface area contributed by atoms with Crippen molar-refractivity contribution in [1.29, 1.82) is 0 Å². The monoisotopic (exact) mass is 583 g/mol. The smallest absolute Gasteiger partial charge is 0.242 e. The molecule has 0 bridgehead atoms. The molecule has 1 saturated carbocycles. The van der Waals surface area contributed by atoms with Crippen LogP contribution in [-0.2, 0) is 26.2 Å². The third kappa shape index (κ3) is 8.01. The van der Waals surface area contributed by atoms with Crippen molar-refractivity contribution in [3.8, 4) is 5.75 Å². The van der Waals surface area contributed by atoms with E-state index in [1.54, 1.807) is 31.2 Å². The molecule has 1 fully saturated rings. The number of carbonyl (C=O) groups is 2. The van der Waals surface area contributed by atoms with E-state index < -0.39 is 16.1 Å². The van der Waals surface area contributed by atoms with Gasteiger partial charge in [-0.15, -0.1) is 0 Å². The zero-order chi connectivity index (χ0) is 27.9. The largest absolute Gasteiger partial charge is 0.495 e. The summed E-state index contributed by atoms with van der Waals surface area (Å²) in [6.07, 6.45) is 5.43. The molecule has 2 aromatic carbocycles. The molecule has 38 heavy (non-hydrogen) atoms. The zero-order valence-corrected chi connectivity index (χ0v) is 24.3. The molecule has 11 heteroatoms. The van der Waals surface area contributed by atoms with Crippen LogP contribution in [0.4, 0.5) is 5.69 Å². The van der Waals surface area contributed by atoms with Gasteiger partial charge in [-0.3, -0.25) is 13.9 Å². The van der Waals surface area contributed by atoms with Gasteiger partial charge >= 0.3 is 0 Å². The maximum atomic E-state index is 13.4. The standard InChI is InChI=1S/C27H35Cl2N3O5S/c1-19(27(34)30-21-10-5-6-11-21)31(18-20-9-4-7-12-23(20)28)26(33)13-8-16-32(38(3,35)36)22-14-15-25(37-2)24(29)17-22/h4,7,9,12,14-15,17,19,21H,5-6,8,10-11,13,16,18H2,1-3H3,(H,30,34)/t19-/m0/s1. The number of rotatable bonds is 12. The Kier molecular flexibility index (Phi) is 10.7. The van der Waals surface area contributed by atoms with Crippen molar-refractivity contribution in [2.24, 2.45) is 0 Å². The topological polar surface area (TPSA) is 96.0 Å². The first-order valence-corrected chi connectivity index (χ1v) is 15.3. The summed E-state index contributed by atoms with van der Waals surface area (Å²) in [5.74, 6) is -0.0396. The van der Waals surface area contributed by atoms with Gasteiger partial charge in [-0.1, -0.05) is 54.2 Å². The first kappa shape index (κ1) is 30.1. The summed E-state index contributed by atoms with van der Waals surface area (Å²) >= 11 is 12.6. The molecule has 2 aromatic rings. The maximum absolute atomic E-state index is 13.4. The minimum Gasteiger partial charge on any atom is -0.495 e. The number of ether oxygens (including phenoxy) is 1. The van der Waals surface area contributed by atoms with Crippen LogP contribution in [0.1, 0.15) is 51.0 Å². The van der Waals surface area contributed by atoms with E-state index in [4.69, 9.17) is 27.9 Å². The number of amides is 2. The van der Waals surface area contributed by atoms with Gasteiger partial charge in [0, 0.05) is 30.6 Å². The number of halogens is 2. The molecule has 0 aliphatic heterocycles. The number of nitrogens with zero attached hydrogens (tertiary/aromatic N) is 2. The van der Waals surface area contributed by atoms with E-state index in [-0.39, 0.29) is 48.8 Å². The summed E-state index contributed by atoms with van der Waals surface area (Å²) < 4.78 is 31.4. The highest BCUT2D eigenvalue weighted by molar-refractivity contribution is 7.92. The van der Waals surface area contributed by atoms with Crippen LogP contribution >= 0.6 is 23.2 Å². The SMILES string of the molecule is COc1ccc(N(CCCC(=O)N(Cc2ccccc2Cl)[C@@H](C)C(=O)NC2CCCC2)S(C)(=O)=O)cc1Cl. The van der Waals surface area contributed by atoms with Crippen LogP contribution in [0.5, 0.6) is 5.75 Å². The molecular weight excluding hydrogens is 549 g/mol. The highest BCUT2D eigenvalue weighted by Crippen LogP contribution is 2.30. The van der Waals surface area contributed by atoms with Crippen LogP contribution in [0.2, 0.25) is 10.0 Å². The van der Waals surface area contributed by atoms with E-state index in [1.807, 2.05) is 12.1 Å². The van der Waals surface area contributed by atoms with Crippen molar-refractivity contribution in [1.82, 2.24) is 10.2 Å². The molecule has 3 rings (SSSR count). The minimum absolute atomic E-state index is 0.0431. The van der Waals surface area contributed by atoms with Gasteiger partial charge in [-0.25, -0.2) is 8.42 Å². The Morgan fingerprint density at radius 3 is 2.39 bits per heavy atom. The number of methoxy groups -OCH3 is 1. The molecule has 0 spiro atoms. The van der Waals surface area contributed by atoms with Crippen LogP contribution in [0.15, 0.2) is 42.5 Å². The summed E-state index contributed by atoms with van der Waals surface area (Å²) in [6, 6.07) is 11.3. The van der Waals surface area contributed by atoms with Crippen molar-refractivity contribution >= 4 is 50.7 Å². The first-order valence-electron chi connectivity index (χ1n) is 12.7. The Hall–Kier alpha value is -2.49. The Balaban J connectivity index is 1.74. The molecule has 2 amide bonds. The Bertz CT molecular complexity index is 1230. The number of nitrogens with one attached hydrogen (secondary N) is 1. The third-order valence-electron chi connectivity index (χ3n) is 6.74. The Morgan fingerprint density at radius 1 is 1.11 bits per heavy atom. The molecular formula is C27H35Cl2N3O5S. The molecule has 0 aromatic heterocycles. The van der Waals surface area contributed by atoms with E-state index in [9.17, 15) is 18.0 Å². The number of anilines is 1. The summed E-state index contributed by atoms with van der Waals surface area (Å²) in [5.41, 5.74) is 1.11. The summed E-state index contributed by atoms with van der Waals surface area (Å²) in [4.78, 5) is 28.0. The second-order valence-electron chi connectivity index (χ2n) is 9.54. The molecule has 1 aliphatic rings. The highest BCUT2D eigenvalue weighted by Gasteiger charge is 2.29. The third-order valence-corrected chi connectivity index (χ3v) is 8.60. The summed E-state index contributed by atoms with van der Waals surface area (Å²) in [6.45, 7) is 1.94. The fourth-order valence-corrected chi connectivity index (χ4v) is 6.00. The predicted molar refractivity (Wildman–Crippen MR) is 151 cm³/mol. The normalized spacial score (nSPS) is 14.7. The average molecular weight is 585 g/mol. The van der Waals surface area contributed by atoms with Crippen molar-refractivity contribution in [3.05, 3.63) is 58.1 Å². The molecule has 1 N–H and O–H groups in total. The van der Waals surface area contributed by atoms with E-state index in [0.29, 0.717) is 16.5 Å². The Morgan fingerprint density at radius 2 is 1.79 bits per heavy atom. The van der Waals surface area contributed by atoms with Crippen LogP contribution in [0, 0.1) is 0 Å². The van der Waals surface area contributed by atoms with Crippen LogP contribution in [-0.4, -0.2) is 57.1 Å². The number of sulfonamides is 1. The molecule has 1 atom stereocenters. The molecule has 0 unspecified atom stereocenters. The van der Waals surface area contributed by atoms with Crippen molar-refractivity contribution < 1.29 is 22.7 Å². The van der Waals surface area contributed by atoms with Gasteiger partial charge in [0.25, 0.3) is 0 Å². The molecule has 0 heterocycles. The number of benzene rings is 2. The van der Waals surface area contributed by atoms with Crippen molar-refractivity contribution in [2.45, 2.75) is 64.1 Å². The van der Waals surface area contributed by atoms with Gasteiger partial charge in [0.1, 0.15) is 11.8 Å². The summed E-state index contributed by atoms with van der Waals surface area (Å²) in [5, 5.41) is 3.86. The lowest BCUT2D eigenvalue weighted by Gasteiger charge is -2.30. The first-order chi connectivity index (χ1) is 18.0. The summed E-state index contributed by atoms with van der Waals surface area (Å²) in [7, 11) is -2.17. The highest BCUT2D eigenvalue weighted by atomic mass is 35.5. The molecule has 208 valence electrons. The van der Waals surface area contributed by atoms with Crippen LogP contribution in [0.3, 0.4) is 0 Å². The number of hydrogen-bond acceptors (Lipinski definition) is 5. The second kappa shape index (κ2) is 13.5. The number of hydrogen-bond donors (Lipinski definition) is 1. The zero-order valence-electron chi connectivity index (χ0n) is 22.0. The second-order valence-corrected chi connectivity index (χ2v) is 12.3. The number of carbonyl (C=O) groups excluding carboxylic acids is 2. The predicted octanol–water partition coefficient (Wildman–Crippen LogP) is 5.02. The van der Waals surface area contributed by atoms with Gasteiger partial charge < -0.3 is 15.0 Å². The minimum atomic E-state index is -3.64. The van der Waals surface area contributed by atoms with E-state index in [0.717, 1.165) is 37.5 Å². The average Bonchev–Trinajstić information content (AvgIpc) is 3.38. The lowest BCUT2D eigenvalue weighted by molar-refractivity contribution is -0.140. The van der Waals surface area contributed by atoms with Crippen molar-refractivity contribution in [3.63, 3.8) is 0 Å². The molecule has 0 saturated heterocycles. The van der Waals surface area contributed by atoms with Crippen LogP contribution < -0.4 is 14.4 Å². The molecule has 0 radical (unpaired) electrons.